The van der Waals surface area contributed by atoms with Gasteiger partial charge in [0.2, 0.25) is 0 Å². The predicted octanol–water partition coefficient (Wildman–Crippen LogP) is 1.77. The molecule has 0 aliphatic carbocycles. The summed E-state index contributed by atoms with van der Waals surface area (Å²) in [7, 11) is 0. The van der Waals surface area contributed by atoms with Gasteiger partial charge in [-0.25, -0.2) is 9.78 Å². The average molecular weight is 292 g/mol. The third-order valence-corrected chi connectivity index (χ3v) is 3.88. The van der Waals surface area contributed by atoms with E-state index in [2.05, 4.69) is 20.9 Å². The Kier molecular flexibility index (Phi) is 4.12. The molecular weight excluding hydrogens is 282 g/mol. The second-order valence-electron chi connectivity index (χ2n) is 3.16. The Morgan fingerprint density at radius 1 is 1.73 bits per heavy atom. The van der Waals surface area contributed by atoms with E-state index < -0.39 is 11.6 Å². The normalized spacial score (nSPS) is 14.6. The van der Waals surface area contributed by atoms with Gasteiger partial charge in [0.25, 0.3) is 0 Å². The molecule has 0 bridgehead atoms. The molecule has 0 spiro atoms. The van der Waals surface area contributed by atoms with Crippen molar-refractivity contribution in [3.63, 3.8) is 0 Å². The van der Waals surface area contributed by atoms with Gasteiger partial charge in [-0.2, -0.15) is 0 Å². The monoisotopic (exact) mass is 291 g/mol. The standard InChI is InChI=1S/C9H10BrNO3S/c1-9(14,8(12)13)5-15-7-6(10)3-2-4-11-7/h2-4,14H,5H2,1H3,(H,12,13). The average Bonchev–Trinajstić information content (AvgIpc) is 2.16. The molecule has 1 atom stereocenters. The number of nitrogens with zero attached hydrogens (tertiary/aromatic N) is 1. The Bertz CT molecular complexity index is 370. The molecule has 6 heteroatoms. The van der Waals surface area contributed by atoms with Gasteiger partial charge in [0, 0.05) is 16.4 Å². The van der Waals surface area contributed by atoms with Crippen LogP contribution in [0.2, 0.25) is 0 Å². The van der Waals surface area contributed by atoms with Crippen LogP contribution in [0.3, 0.4) is 0 Å². The molecule has 0 aromatic carbocycles. The number of hydrogen-bond donors (Lipinski definition) is 2. The van der Waals surface area contributed by atoms with Crippen LogP contribution in [0.5, 0.6) is 0 Å². The summed E-state index contributed by atoms with van der Waals surface area (Å²) >= 11 is 4.48. The maximum absolute atomic E-state index is 10.6. The summed E-state index contributed by atoms with van der Waals surface area (Å²) < 4.78 is 0.788. The van der Waals surface area contributed by atoms with Crippen LogP contribution >= 0.6 is 27.7 Å². The number of carboxylic acids is 1. The van der Waals surface area contributed by atoms with Crippen molar-refractivity contribution in [3.05, 3.63) is 22.8 Å². The first-order valence-corrected chi connectivity index (χ1v) is 5.90. The van der Waals surface area contributed by atoms with E-state index in [0.717, 1.165) is 4.47 Å². The Morgan fingerprint density at radius 2 is 2.40 bits per heavy atom. The van der Waals surface area contributed by atoms with Gasteiger partial charge in [-0.1, -0.05) is 0 Å². The first-order valence-electron chi connectivity index (χ1n) is 4.12. The molecule has 0 amide bonds. The lowest BCUT2D eigenvalue weighted by Crippen LogP contribution is -2.37. The van der Waals surface area contributed by atoms with Crippen molar-refractivity contribution in [1.82, 2.24) is 4.98 Å². The van der Waals surface area contributed by atoms with Crippen molar-refractivity contribution in [2.75, 3.05) is 5.75 Å². The first kappa shape index (κ1) is 12.5. The van der Waals surface area contributed by atoms with Gasteiger partial charge in [0.05, 0.1) is 0 Å². The Morgan fingerprint density at radius 3 is 2.93 bits per heavy atom. The van der Waals surface area contributed by atoms with Crippen LogP contribution < -0.4 is 0 Å². The number of hydrogen-bond acceptors (Lipinski definition) is 4. The molecule has 0 radical (unpaired) electrons. The topological polar surface area (TPSA) is 70.4 Å². The second kappa shape index (κ2) is 4.96. The lowest BCUT2D eigenvalue weighted by molar-refractivity contribution is -0.154. The number of pyridine rings is 1. The number of aromatic nitrogens is 1. The fraction of sp³-hybridized carbons (Fsp3) is 0.333. The molecule has 0 saturated heterocycles. The lowest BCUT2D eigenvalue weighted by Gasteiger charge is -2.16. The Balaban J connectivity index is 2.66. The maximum Gasteiger partial charge on any atom is 0.336 e. The third kappa shape index (κ3) is 3.48. The largest absolute Gasteiger partial charge is 0.479 e. The molecule has 15 heavy (non-hydrogen) atoms. The summed E-state index contributed by atoms with van der Waals surface area (Å²) in [6, 6.07) is 3.58. The van der Waals surface area contributed by atoms with E-state index in [9.17, 15) is 9.90 Å². The van der Waals surface area contributed by atoms with Gasteiger partial charge in [-0.05, 0) is 35.0 Å². The van der Waals surface area contributed by atoms with Crippen molar-refractivity contribution >= 4 is 33.7 Å². The molecule has 0 aliphatic heterocycles. The maximum atomic E-state index is 10.6. The molecule has 0 saturated carbocycles. The zero-order chi connectivity index (χ0) is 11.5. The minimum absolute atomic E-state index is 0.0535. The molecule has 4 nitrogen and oxygen atoms in total. The van der Waals surface area contributed by atoms with E-state index in [0.29, 0.717) is 5.03 Å². The highest BCUT2D eigenvalue weighted by Crippen LogP contribution is 2.27. The molecule has 1 rings (SSSR count). The molecular formula is C9H10BrNO3S. The minimum atomic E-state index is -1.73. The molecule has 1 heterocycles. The third-order valence-electron chi connectivity index (χ3n) is 1.68. The minimum Gasteiger partial charge on any atom is -0.479 e. The second-order valence-corrected chi connectivity index (χ2v) is 4.98. The number of carboxylic acid groups (broad SMARTS) is 1. The lowest BCUT2D eigenvalue weighted by atomic mass is 10.1. The van der Waals surface area contributed by atoms with Crippen molar-refractivity contribution in [2.45, 2.75) is 17.6 Å². The summed E-state index contributed by atoms with van der Waals surface area (Å²) in [6.07, 6.45) is 1.61. The van der Waals surface area contributed by atoms with E-state index in [1.165, 1.54) is 18.7 Å². The molecule has 82 valence electrons. The number of aliphatic hydroxyl groups is 1. The molecule has 0 aliphatic rings. The Labute approximate surface area is 99.9 Å². The number of thioether (sulfide) groups is 1. The van der Waals surface area contributed by atoms with E-state index in [1.807, 2.05) is 6.07 Å². The predicted molar refractivity (Wildman–Crippen MR) is 60.9 cm³/mol. The van der Waals surface area contributed by atoms with Crippen LogP contribution in [0.1, 0.15) is 6.92 Å². The number of halogens is 1. The number of carbonyl (C=O) groups is 1. The molecule has 2 N–H and O–H groups in total. The highest BCUT2D eigenvalue weighted by Gasteiger charge is 2.30. The van der Waals surface area contributed by atoms with Gasteiger partial charge in [-0.3, -0.25) is 0 Å². The number of rotatable bonds is 4. The van der Waals surface area contributed by atoms with Crippen LogP contribution in [0.25, 0.3) is 0 Å². The summed E-state index contributed by atoms with van der Waals surface area (Å²) in [5, 5.41) is 18.8. The van der Waals surface area contributed by atoms with Crippen molar-refractivity contribution < 1.29 is 15.0 Å². The van der Waals surface area contributed by atoms with E-state index in [-0.39, 0.29) is 5.75 Å². The van der Waals surface area contributed by atoms with E-state index in [4.69, 9.17) is 5.11 Å². The SMILES string of the molecule is CC(O)(CSc1ncccc1Br)C(=O)O. The highest BCUT2D eigenvalue weighted by molar-refractivity contribution is 9.10. The summed E-state index contributed by atoms with van der Waals surface area (Å²) in [6.45, 7) is 1.26. The molecule has 1 aromatic rings. The first-order chi connectivity index (χ1) is 6.93. The smallest absolute Gasteiger partial charge is 0.336 e. The zero-order valence-electron chi connectivity index (χ0n) is 7.98. The van der Waals surface area contributed by atoms with Crippen LogP contribution in [0, 0.1) is 0 Å². The summed E-state index contributed by atoms with van der Waals surface area (Å²) in [4.78, 5) is 14.7. The highest BCUT2D eigenvalue weighted by atomic mass is 79.9. The van der Waals surface area contributed by atoms with Crippen molar-refractivity contribution in [2.24, 2.45) is 0 Å². The van der Waals surface area contributed by atoms with E-state index >= 15 is 0 Å². The molecule has 0 fully saturated rings. The van der Waals surface area contributed by atoms with Crippen molar-refractivity contribution in [1.29, 1.82) is 0 Å². The fourth-order valence-electron chi connectivity index (χ4n) is 0.748. The van der Waals surface area contributed by atoms with Crippen molar-refractivity contribution in [3.8, 4) is 0 Å². The summed E-state index contributed by atoms with van der Waals surface area (Å²) in [5.74, 6) is -1.18. The van der Waals surface area contributed by atoms with Crippen LogP contribution in [-0.4, -0.2) is 32.5 Å². The van der Waals surface area contributed by atoms with Gasteiger partial charge in [-0.15, -0.1) is 11.8 Å². The van der Waals surface area contributed by atoms with E-state index in [1.54, 1.807) is 12.3 Å². The van der Waals surface area contributed by atoms with Gasteiger partial charge >= 0.3 is 5.97 Å². The fourth-order valence-corrected chi connectivity index (χ4v) is 2.23. The van der Waals surface area contributed by atoms with Gasteiger partial charge in [0.1, 0.15) is 5.03 Å². The molecule has 1 aromatic heterocycles. The number of aliphatic carboxylic acids is 1. The van der Waals surface area contributed by atoms with Crippen LogP contribution in [-0.2, 0) is 4.79 Å². The van der Waals surface area contributed by atoms with Crippen LogP contribution in [0.4, 0.5) is 0 Å². The molecule has 1 unspecified atom stereocenters. The quantitative estimate of drug-likeness (QED) is 0.828. The zero-order valence-corrected chi connectivity index (χ0v) is 10.4. The summed E-state index contributed by atoms with van der Waals surface area (Å²) in [5.41, 5.74) is -1.73. The Hall–Kier alpha value is -0.590. The van der Waals surface area contributed by atoms with Crippen LogP contribution in [0.15, 0.2) is 27.8 Å². The van der Waals surface area contributed by atoms with Gasteiger partial charge < -0.3 is 10.2 Å². The van der Waals surface area contributed by atoms with Gasteiger partial charge in [0.15, 0.2) is 5.60 Å².